The third-order valence-corrected chi connectivity index (χ3v) is 7.76. The zero-order chi connectivity index (χ0) is 27.6. The molecule has 1 fully saturated rings. The van der Waals surface area contributed by atoms with E-state index in [4.69, 9.17) is 0 Å². The molecule has 0 saturated carbocycles. The SMILES string of the molecule is O=C(O)c1ccc2c(c1)CCCC(c1ccccc1C(F)(F)F)=C2c1ccc(CC2CN(CCCF)C2)cc1. The number of alkyl halides is 4. The summed E-state index contributed by atoms with van der Waals surface area (Å²) in [5.41, 5.74) is 4.60. The molecule has 3 aromatic rings. The average molecular weight is 538 g/mol. The van der Waals surface area contributed by atoms with Gasteiger partial charge >= 0.3 is 12.1 Å². The monoisotopic (exact) mass is 537 g/mol. The fourth-order valence-electron chi connectivity index (χ4n) is 5.93. The number of aromatic carboxylic acids is 1. The van der Waals surface area contributed by atoms with E-state index in [9.17, 15) is 27.5 Å². The Kier molecular flexibility index (Phi) is 7.89. The first-order valence-electron chi connectivity index (χ1n) is 13.4. The van der Waals surface area contributed by atoms with Crippen LogP contribution in [0.1, 0.15) is 63.0 Å². The molecule has 3 aromatic carbocycles. The number of allylic oxidation sites excluding steroid dienone is 1. The molecule has 0 aromatic heterocycles. The van der Waals surface area contributed by atoms with Crippen LogP contribution in [-0.4, -0.2) is 42.3 Å². The quantitative estimate of drug-likeness (QED) is 0.302. The fourth-order valence-corrected chi connectivity index (χ4v) is 5.93. The van der Waals surface area contributed by atoms with Crippen LogP contribution >= 0.6 is 0 Å². The van der Waals surface area contributed by atoms with Gasteiger partial charge in [-0.25, -0.2) is 4.79 Å². The Morgan fingerprint density at radius 2 is 1.69 bits per heavy atom. The number of aryl methyl sites for hydroxylation is 1. The van der Waals surface area contributed by atoms with Crippen LogP contribution in [0.25, 0.3) is 11.1 Å². The number of benzene rings is 3. The van der Waals surface area contributed by atoms with E-state index < -0.39 is 17.7 Å². The van der Waals surface area contributed by atoms with Gasteiger partial charge in [0, 0.05) is 19.6 Å². The largest absolute Gasteiger partial charge is 0.478 e. The fraction of sp³-hybridized carbons (Fsp3) is 0.344. The summed E-state index contributed by atoms with van der Waals surface area (Å²) in [4.78, 5) is 13.9. The summed E-state index contributed by atoms with van der Waals surface area (Å²) >= 11 is 0. The number of likely N-dealkylation sites (tertiary alicyclic amines) is 1. The highest BCUT2D eigenvalue weighted by atomic mass is 19.4. The molecule has 0 amide bonds. The van der Waals surface area contributed by atoms with Crippen LogP contribution < -0.4 is 0 Å². The molecule has 2 aliphatic rings. The lowest BCUT2D eigenvalue weighted by atomic mass is 9.85. The summed E-state index contributed by atoms with van der Waals surface area (Å²) < 4.78 is 54.6. The van der Waals surface area contributed by atoms with Gasteiger partial charge < -0.3 is 10.0 Å². The van der Waals surface area contributed by atoms with Crippen LogP contribution in [0.5, 0.6) is 0 Å². The van der Waals surface area contributed by atoms with Crippen molar-refractivity contribution >= 4 is 17.1 Å². The van der Waals surface area contributed by atoms with Crippen molar-refractivity contribution in [2.24, 2.45) is 5.92 Å². The first kappa shape index (κ1) is 27.1. The van der Waals surface area contributed by atoms with Crippen molar-refractivity contribution in [3.05, 3.63) is 106 Å². The second-order valence-electron chi connectivity index (χ2n) is 10.5. The highest BCUT2D eigenvalue weighted by Gasteiger charge is 2.35. The van der Waals surface area contributed by atoms with Gasteiger partial charge in [-0.15, -0.1) is 0 Å². The van der Waals surface area contributed by atoms with E-state index in [1.54, 1.807) is 18.2 Å². The predicted molar refractivity (Wildman–Crippen MR) is 144 cm³/mol. The Morgan fingerprint density at radius 1 is 0.949 bits per heavy atom. The number of carboxylic acid groups (broad SMARTS) is 1. The van der Waals surface area contributed by atoms with Crippen molar-refractivity contribution in [2.75, 3.05) is 26.3 Å². The third kappa shape index (κ3) is 5.93. The second-order valence-corrected chi connectivity index (χ2v) is 10.5. The van der Waals surface area contributed by atoms with Crippen molar-refractivity contribution in [2.45, 2.75) is 38.3 Å². The molecule has 204 valence electrons. The molecule has 0 radical (unpaired) electrons. The molecule has 5 rings (SSSR count). The van der Waals surface area contributed by atoms with Gasteiger partial charge in [0.2, 0.25) is 0 Å². The van der Waals surface area contributed by atoms with Crippen LogP contribution in [0.2, 0.25) is 0 Å². The van der Waals surface area contributed by atoms with Crippen LogP contribution in [0.15, 0.2) is 66.7 Å². The Labute approximate surface area is 225 Å². The van der Waals surface area contributed by atoms with Gasteiger partial charge in [-0.1, -0.05) is 48.5 Å². The number of fused-ring (bicyclic) bond motifs is 1. The summed E-state index contributed by atoms with van der Waals surface area (Å²) in [5.74, 6) is -0.518. The first-order chi connectivity index (χ1) is 18.7. The van der Waals surface area contributed by atoms with E-state index in [1.165, 1.54) is 18.2 Å². The van der Waals surface area contributed by atoms with E-state index in [0.717, 1.165) is 59.9 Å². The summed E-state index contributed by atoms with van der Waals surface area (Å²) in [6.07, 6.45) is -1.41. The van der Waals surface area contributed by atoms with E-state index in [1.807, 2.05) is 24.3 Å². The van der Waals surface area contributed by atoms with Crippen molar-refractivity contribution < 1.29 is 27.5 Å². The third-order valence-electron chi connectivity index (χ3n) is 7.76. The number of hydrogen-bond donors (Lipinski definition) is 1. The maximum absolute atomic E-state index is 14.1. The standard InChI is InChI=1S/C32H31F4NO2/c33-15-4-16-37-19-22(20-37)17-21-9-11-23(12-10-21)30-26-14-13-25(31(38)39)18-24(26)5-3-7-28(30)27-6-1-2-8-29(27)32(34,35)36/h1-2,6,8-14,18,22H,3-5,7,15-17,19-20H2,(H,38,39). The van der Waals surface area contributed by atoms with Crippen molar-refractivity contribution in [1.29, 1.82) is 0 Å². The summed E-state index contributed by atoms with van der Waals surface area (Å²) in [5, 5.41) is 9.53. The minimum atomic E-state index is -4.50. The molecule has 1 heterocycles. The molecule has 1 N–H and O–H groups in total. The Hall–Kier alpha value is -3.45. The molecule has 1 aliphatic carbocycles. The maximum atomic E-state index is 14.1. The number of carboxylic acids is 1. The molecular weight excluding hydrogens is 506 g/mol. The van der Waals surface area contributed by atoms with Gasteiger partial charge in [0.15, 0.2) is 0 Å². The molecule has 1 aliphatic heterocycles. The molecule has 3 nitrogen and oxygen atoms in total. The smallest absolute Gasteiger partial charge is 0.416 e. The number of halogens is 4. The molecule has 7 heteroatoms. The van der Waals surface area contributed by atoms with Gasteiger partial charge in [-0.05, 0) is 95.2 Å². The van der Waals surface area contributed by atoms with Crippen molar-refractivity contribution in [3.63, 3.8) is 0 Å². The number of carbonyl (C=O) groups is 1. The number of nitrogens with zero attached hydrogens (tertiary/aromatic N) is 1. The highest BCUT2D eigenvalue weighted by molar-refractivity contribution is 6.01. The summed E-state index contributed by atoms with van der Waals surface area (Å²) in [6, 6.07) is 18.6. The summed E-state index contributed by atoms with van der Waals surface area (Å²) in [6.45, 7) is 2.38. The van der Waals surface area contributed by atoms with Crippen molar-refractivity contribution in [3.8, 4) is 0 Å². The maximum Gasteiger partial charge on any atom is 0.416 e. The van der Waals surface area contributed by atoms with Crippen molar-refractivity contribution in [1.82, 2.24) is 4.90 Å². The van der Waals surface area contributed by atoms with Crippen LogP contribution in [0, 0.1) is 5.92 Å². The number of rotatable bonds is 8. The van der Waals surface area contributed by atoms with Gasteiger partial charge in [0.25, 0.3) is 0 Å². The molecular formula is C32H31F4NO2. The first-order valence-corrected chi connectivity index (χ1v) is 13.4. The molecule has 1 saturated heterocycles. The molecule has 39 heavy (non-hydrogen) atoms. The van der Waals surface area contributed by atoms with E-state index in [0.29, 0.717) is 37.2 Å². The van der Waals surface area contributed by atoms with Gasteiger partial charge in [-0.2, -0.15) is 13.2 Å². The zero-order valence-electron chi connectivity index (χ0n) is 21.6. The highest BCUT2D eigenvalue weighted by Crippen LogP contribution is 2.44. The lowest BCUT2D eigenvalue weighted by Crippen LogP contribution is -2.47. The number of hydrogen-bond acceptors (Lipinski definition) is 2. The second kappa shape index (κ2) is 11.3. The van der Waals surface area contributed by atoms with E-state index in [2.05, 4.69) is 4.90 Å². The topological polar surface area (TPSA) is 40.5 Å². The van der Waals surface area contributed by atoms with Crippen LogP contribution in [0.3, 0.4) is 0 Å². The van der Waals surface area contributed by atoms with Gasteiger partial charge in [-0.3, -0.25) is 4.39 Å². The Morgan fingerprint density at radius 3 is 2.38 bits per heavy atom. The zero-order valence-corrected chi connectivity index (χ0v) is 21.6. The molecule has 0 atom stereocenters. The Balaban J connectivity index is 1.55. The minimum Gasteiger partial charge on any atom is -0.478 e. The lowest BCUT2D eigenvalue weighted by molar-refractivity contribution is -0.137. The summed E-state index contributed by atoms with van der Waals surface area (Å²) in [7, 11) is 0. The minimum absolute atomic E-state index is 0.169. The Bertz CT molecular complexity index is 1370. The van der Waals surface area contributed by atoms with Crippen LogP contribution in [-0.2, 0) is 19.0 Å². The molecule has 0 spiro atoms. The lowest BCUT2D eigenvalue weighted by Gasteiger charge is -2.39. The van der Waals surface area contributed by atoms with E-state index in [-0.39, 0.29) is 17.8 Å². The molecule has 0 unspecified atom stereocenters. The van der Waals surface area contributed by atoms with Gasteiger partial charge in [0.05, 0.1) is 17.8 Å². The predicted octanol–water partition coefficient (Wildman–Crippen LogP) is 7.53. The molecule has 0 bridgehead atoms. The van der Waals surface area contributed by atoms with E-state index >= 15 is 0 Å². The van der Waals surface area contributed by atoms with Gasteiger partial charge in [0.1, 0.15) is 0 Å². The van der Waals surface area contributed by atoms with Crippen LogP contribution in [0.4, 0.5) is 17.6 Å². The average Bonchev–Trinajstić information content (AvgIpc) is 3.09. The normalized spacial score (nSPS) is 16.5.